The molecule has 1 aliphatic carbocycles. The van der Waals surface area contributed by atoms with E-state index in [0.717, 1.165) is 0 Å². The van der Waals surface area contributed by atoms with Gasteiger partial charge in [-0.15, -0.1) is 0 Å². The van der Waals surface area contributed by atoms with Crippen LogP contribution in [-0.2, 0) is 15.8 Å². The van der Waals surface area contributed by atoms with Gasteiger partial charge in [0.15, 0.2) is 16.0 Å². The maximum absolute atomic E-state index is 11.2. The van der Waals surface area contributed by atoms with Crippen LogP contribution in [0.15, 0.2) is 0 Å². The van der Waals surface area contributed by atoms with E-state index >= 15 is 0 Å². The fourth-order valence-electron chi connectivity index (χ4n) is 3.88. The van der Waals surface area contributed by atoms with E-state index in [1.54, 1.807) is 6.92 Å². The lowest BCUT2D eigenvalue weighted by Gasteiger charge is -2.55. The average Bonchev–Trinajstić information content (AvgIpc) is 2.68. The maximum atomic E-state index is 11.2. The Morgan fingerprint density at radius 1 is 1.53 bits per heavy atom. The van der Waals surface area contributed by atoms with Crippen LogP contribution in [0, 0.1) is 11.8 Å². The molecule has 2 saturated heterocycles. The molecule has 0 radical (unpaired) electrons. The first-order valence-corrected chi connectivity index (χ1v) is 6.75. The highest BCUT2D eigenvalue weighted by molar-refractivity contribution is 7.80. The van der Waals surface area contributed by atoms with Crippen molar-refractivity contribution in [3.8, 4) is 0 Å². The Morgan fingerprint density at radius 3 is 2.71 bits per heavy atom. The molecule has 0 aromatic carbocycles. The third-order valence-electron chi connectivity index (χ3n) is 4.98. The number of aliphatic hydroxyl groups is 3. The number of hydrogen-bond donors (Lipinski definition) is 4. The van der Waals surface area contributed by atoms with Gasteiger partial charge >= 0.3 is 0 Å². The topological polar surface area (TPSA) is 107 Å². The van der Waals surface area contributed by atoms with Gasteiger partial charge in [-0.25, -0.2) is 4.21 Å². The smallest absolute Gasteiger partial charge is 0.186 e. The minimum absolute atomic E-state index is 0.0545. The third-order valence-corrected chi connectivity index (χ3v) is 6.01. The van der Waals surface area contributed by atoms with Gasteiger partial charge in [0.2, 0.25) is 0 Å². The summed E-state index contributed by atoms with van der Waals surface area (Å²) in [5.74, 6) is -0.820. The van der Waals surface area contributed by atoms with Gasteiger partial charge in [-0.1, -0.05) is 6.92 Å². The molecule has 7 atom stereocenters. The SMILES string of the molecule is CC1C(O)C23CC(O)(S(=O)O)C2CC1(CO)O3. The number of fused-ring (bicyclic) bond motifs is 1. The first-order valence-electron chi connectivity index (χ1n) is 5.65. The van der Waals surface area contributed by atoms with Crippen molar-refractivity contribution in [2.45, 2.75) is 42.0 Å². The van der Waals surface area contributed by atoms with Crippen LogP contribution >= 0.6 is 0 Å². The summed E-state index contributed by atoms with van der Waals surface area (Å²) in [5, 5.41) is 29.7. The van der Waals surface area contributed by atoms with E-state index in [9.17, 15) is 19.5 Å². The molecular weight excluding hydrogens is 248 g/mol. The van der Waals surface area contributed by atoms with Gasteiger partial charge in [0, 0.05) is 18.3 Å². The zero-order valence-corrected chi connectivity index (χ0v) is 10.2. The van der Waals surface area contributed by atoms with Crippen molar-refractivity contribution in [1.82, 2.24) is 0 Å². The molecule has 2 aliphatic heterocycles. The van der Waals surface area contributed by atoms with Crippen molar-refractivity contribution in [2.75, 3.05) is 6.61 Å². The molecule has 3 aliphatic rings. The Balaban J connectivity index is 1.99. The summed E-state index contributed by atoms with van der Waals surface area (Å²) in [6.07, 6.45) is -0.553. The van der Waals surface area contributed by atoms with Crippen LogP contribution in [0.2, 0.25) is 0 Å². The Hall–Kier alpha value is -0.0500. The van der Waals surface area contributed by atoms with Gasteiger partial charge in [-0.3, -0.25) is 0 Å². The van der Waals surface area contributed by atoms with Gasteiger partial charge in [0.05, 0.1) is 18.3 Å². The van der Waals surface area contributed by atoms with Gasteiger partial charge < -0.3 is 24.6 Å². The van der Waals surface area contributed by atoms with E-state index < -0.39 is 39.2 Å². The van der Waals surface area contributed by atoms with E-state index in [4.69, 9.17) is 9.29 Å². The van der Waals surface area contributed by atoms with Crippen molar-refractivity contribution in [1.29, 1.82) is 0 Å². The monoisotopic (exact) mass is 264 g/mol. The lowest BCUT2D eigenvalue weighted by atomic mass is 9.56. The summed E-state index contributed by atoms with van der Waals surface area (Å²) < 4.78 is 26.1. The van der Waals surface area contributed by atoms with Crippen molar-refractivity contribution in [3.63, 3.8) is 0 Å². The summed E-state index contributed by atoms with van der Waals surface area (Å²) in [4.78, 5) is -1.71. The predicted molar refractivity (Wildman–Crippen MR) is 57.2 cm³/mol. The van der Waals surface area contributed by atoms with Crippen molar-refractivity contribution in [3.05, 3.63) is 0 Å². The zero-order chi connectivity index (χ0) is 12.6. The van der Waals surface area contributed by atoms with Crippen molar-refractivity contribution in [2.24, 2.45) is 11.8 Å². The number of hydrogen-bond acceptors (Lipinski definition) is 5. The highest BCUT2D eigenvalue weighted by Gasteiger charge is 2.82. The summed E-state index contributed by atoms with van der Waals surface area (Å²) >= 11 is -2.37. The highest BCUT2D eigenvalue weighted by atomic mass is 32.2. The zero-order valence-electron chi connectivity index (χ0n) is 9.37. The van der Waals surface area contributed by atoms with Crippen molar-refractivity contribution >= 4 is 11.1 Å². The largest absolute Gasteiger partial charge is 0.393 e. The Morgan fingerprint density at radius 2 is 2.18 bits per heavy atom. The van der Waals surface area contributed by atoms with Gasteiger partial charge in [0.25, 0.3) is 0 Å². The standard InChI is InChI=1S/C10H16O6S/c1-5-7(12)9-3-10(13,17(14)15)6(9)2-8(5,4-11)16-9/h5-7,11-13H,2-4H2,1H3,(H,14,15). The van der Waals surface area contributed by atoms with Crippen LogP contribution in [0.1, 0.15) is 19.8 Å². The minimum atomic E-state index is -2.37. The molecule has 98 valence electrons. The fraction of sp³-hybridized carbons (Fsp3) is 1.00. The second-order valence-corrected chi connectivity index (χ2v) is 6.75. The molecule has 4 N–H and O–H groups in total. The van der Waals surface area contributed by atoms with Crippen LogP contribution in [0.5, 0.6) is 0 Å². The van der Waals surface area contributed by atoms with Crippen molar-refractivity contribution < 1.29 is 28.8 Å². The molecule has 7 heteroatoms. The molecular formula is C10H16O6S. The summed E-state index contributed by atoms with van der Waals surface area (Å²) in [6, 6.07) is 0. The van der Waals surface area contributed by atoms with Gasteiger partial charge in [0.1, 0.15) is 5.60 Å². The quantitative estimate of drug-likeness (QED) is 0.468. The van der Waals surface area contributed by atoms with E-state index in [1.807, 2.05) is 0 Å². The Labute approximate surface area is 101 Å². The summed E-state index contributed by atoms with van der Waals surface area (Å²) in [7, 11) is 0. The second-order valence-electron chi connectivity index (χ2n) is 5.54. The normalized spacial score (nSPS) is 62.1. The first-order chi connectivity index (χ1) is 7.82. The van der Waals surface area contributed by atoms with Crippen LogP contribution in [0.4, 0.5) is 0 Å². The molecule has 3 rings (SSSR count). The third kappa shape index (κ3) is 1.07. The molecule has 0 amide bonds. The molecule has 2 heterocycles. The van der Waals surface area contributed by atoms with E-state index in [-0.39, 0.29) is 18.9 Å². The highest BCUT2D eigenvalue weighted by Crippen LogP contribution is 2.69. The Kier molecular flexibility index (Phi) is 2.18. The molecule has 1 spiro atoms. The molecule has 0 aromatic heterocycles. The van der Waals surface area contributed by atoms with Crippen LogP contribution in [-0.4, -0.2) is 52.9 Å². The predicted octanol–water partition coefficient (Wildman–Crippen LogP) is -1.18. The van der Waals surface area contributed by atoms with Gasteiger partial charge in [-0.05, 0) is 6.42 Å². The number of rotatable bonds is 2. The average molecular weight is 264 g/mol. The molecule has 0 aromatic rings. The van der Waals surface area contributed by atoms with Crippen LogP contribution < -0.4 is 0 Å². The number of ether oxygens (including phenoxy) is 1. The molecule has 7 unspecified atom stereocenters. The molecule has 6 nitrogen and oxygen atoms in total. The molecule has 3 fully saturated rings. The van der Waals surface area contributed by atoms with Crippen LogP contribution in [0.3, 0.4) is 0 Å². The van der Waals surface area contributed by atoms with E-state index in [2.05, 4.69) is 0 Å². The second kappa shape index (κ2) is 3.09. The molecule has 17 heavy (non-hydrogen) atoms. The van der Waals surface area contributed by atoms with E-state index in [0.29, 0.717) is 6.42 Å². The van der Waals surface area contributed by atoms with Crippen LogP contribution in [0.25, 0.3) is 0 Å². The van der Waals surface area contributed by atoms with E-state index in [1.165, 1.54) is 0 Å². The minimum Gasteiger partial charge on any atom is -0.393 e. The summed E-state index contributed by atoms with van der Waals surface area (Å²) in [5.41, 5.74) is -1.83. The molecule has 1 saturated carbocycles. The fourth-order valence-corrected chi connectivity index (χ4v) is 4.76. The summed E-state index contributed by atoms with van der Waals surface area (Å²) in [6.45, 7) is 1.54. The lowest BCUT2D eigenvalue weighted by Crippen LogP contribution is -2.71. The first kappa shape index (κ1) is 12.0. The Bertz CT molecular complexity index is 402. The number of aliphatic hydroxyl groups excluding tert-OH is 2. The maximum Gasteiger partial charge on any atom is 0.186 e. The molecule has 2 bridgehead atoms. The lowest BCUT2D eigenvalue weighted by molar-refractivity contribution is -0.209. The van der Waals surface area contributed by atoms with Gasteiger partial charge in [-0.2, -0.15) is 0 Å².